The summed E-state index contributed by atoms with van der Waals surface area (Å²) in [5, 5.41) is 1.65. The average molecular weight is 135 g/mol. The van der Waals surface area contributed by atoms with Gasteiger partial charge in [0.15, 0.2) is 0 Å². The van der Waals surface area contributed by atoms with Gasteiger partial charge < -0.3 is 0 Å². The van der Waals surface area contributed by atoms with Gasteiger partial charge in [-0.1, -0.05) is 36.5 Å². The Balaban J connectivity index is 3.01. The van der Waals surface area contributed by atoms with Crippen LogP contribution in [0.4, 0.5) is 0 Å². The molecule has 0 bridgehead atoms. The van der Waals surface area contributed by atoms with E-state index in [2.05, 4.69) is 6.92 Å². The molecule has 0 saturated heterocycles. The molecule has 1 heteroatoms. The predicted octanol–water partition coefficient (Wildman–Crippen LogP) is 2.22. The van der Waals surface area contributed by atoms with E-state index >= 15 is 0 Å². The second-order valence-corrected chi connectivity index (χ2v) is 2.10. The van der Waals surface area contributed by atoms with Crippen molar-refractivity contribution >= 4 is 17.6 Å². The van der Waals surface area contributed by atoms with Gasteiger partial charge in [-0.15, -0.1) is 0 Å². The minimum atomic E-state index is 1.02. The highest BCUT2D eigenvalue weighted by Crippen LogP contribution is 1.99. The Kier molecular flexibility index (Phi) is 1.96. The maximum absolute atomic E-state index is 4.72. The first-order valence-electron chi connectivity index (χ1n) is 2.70. The van der Waals surface area contributed by atoms with E-state index in [1.165, 1.54) is 0 Å². The molecule has 0 aliphatic carbocycles. The van der Waals surface area contributed by atoms with E-state index in [0.29, 0.717) is 0 Å². The molecule has 0 nitrogen and oxygen atoms in total. The average Bonchev–Trinajstić information content (AvgIpc) is 1.90. The van der Waals surface area contributed by atoms with Gasteiger partial charge in [-0.3, -0.25) is 0 Å². The van der Waals surface area contributed by atoms with Crippen LogP contribution in [0.3, 0.4) is 0 Å². The van der Waals surface area contributed by atoms with E-state index in [1.54, 1.807) is 5.37 Å². The molecule has 0 saturated carbocycles. The highest BCUT2D eigenvalue weighted by atomic mass is 32.1. The van der Waals surface area contributed by atoms with E-state index in [9.17, 15) is 0 Å². The zero-order valence-electron chi connectivity index (χ0n) is 5.00. The number of benzene rings is 1. The molecule has 0 unspecified atom stereocenters. The van der Waals surface area contributed by atoms with Crippen molar-refractivity contribution in [2.75, 3.05) is 0 Å². The predicted molar refractivity (Wildman–Crippen MR) is 43.7 cm³/mol. The summed E-state index contributed by atoms with van der Waals surface area (Å²) < 4.78 is 0. The summed E-state index contributed by atoms with van der Waals surface area (Å²) in [6.07, 6.45) is 0. The van der Waals surface area contributed by atoms with Crippen molar-refractivity contribution in [2.45, 2.75) is 0 Å². The molecule has 0 aromatic heterocycles. The minimum absolute atomic E-state index is 1.02. The smallest absolute Gasteiger partial charge is 0.00861 e. The Bertz CT molecular complexity index is 198. The van der Waals surface area contributed by atoms with Crippen LogP contribution in [0.15, 0.2) is 24.3 Å². The van der Waals surface area contributed by atoms with Crippen LogP contribution in [0, 0.1) is 6.92 Å². The molecule has 9 heavy (non-hydrogen) atoms. The summed E-state index contributed by atoms with van der Waals surface area (Å²) in [6, 6.07) is 7.79. The Morgan fingerprint density at radius 3 is 2.22 bits per heavy atom. The van der Waals surface area contributed by atoms with E-state index in [4.69, 9.17) is 12.2 Å². The Hall–Kier alpha value is -0.690. The van der Waals surface area contributed by atoms with E-state index < -0.39 is 0 Å². The third-order valence-electron chi connectivity index (χ3n) is 1.12. The monoisotopic (exact) mass is 135 g/mol. The summed E-state index contributed by atoms with van der Waals surface area (Å²) >= 11 is 4.72. The lowest BCUT2D eigenvalue weighted by atomic mass is 10.2. The first-order valence-corrected chi connectivity index (χ1v) is 3.17. The fourth-order valence-corrected chi connectivity index (χ4v) is 0.753. The van der Waals surface area contributed by atoms with Gasteiger partial charge in [0.25, 0.3) is 0 Å². The topological polar surface area (TPSA) is 0 Å². The minimum Gasteiger partial charge on any atom is -0.0881 e. The fraction of sp³-hybridized carbons (Fsp3) is 0. The van der Waals surface area contributed by atoms with Gasteiger partial charge in [0.1, 0.15) is 0 Å². The van der Waals surface area contributed by atoms with E-state index in [1.807, 2.05) is 24.3 Å². The van der Waals surface area contributed by atoms with E-state index in [0.717, 1.165) is 11.1 Å². The lowest BCUT2D eigenvalue weighted by Crippen LogP contribution is -1.76. The van der Waals surface area contributed by atoms with Crippen LogP contribution in [0.25, 0.3) is 0 Å². The number of rotatable bonds is 1. The molecular weight excluding hydrogens is 128 g/mol. The molecule has 0 spiro atoms. The highest BCUT2D eigenvalue weighted by Gasteiger charge is 1.83. The molecule has 0 aliphatic heterocycles. The van der Waals surface area contributed by atoms with Crippen LogP contribution < -0.4 is 0 Å². The molecule has 1 radical (unpaired) electrons. The number of thiocarbonyl (C=S) groups is 1. The van der Waals surface area contributed by atoms with Gasteiger partial charge in [0.05, 0.1) is 0 Å². The summed E-state index contributed by atoms with van der Waals surface area (Å²) in [6.45, 7) is 3.75. The van der Waals surface area contributed by atoms with Crippen LogP contribution in [0.2, 0.25) is 0 Å². The summed E-state index contributed by atoms with van der Waals surface area (Å²) in [5.41, 5.74) is 2.09. The highest BCUT2D eigenvalue weighted by molar-refractivity contribution is 7.79. The molecule has 1 rings (SSSR count). The summed E-state index contributed by atoms with van der Waals surface area (Å²) in [7, 11) is 0. The Morgan fingerprint density at radius 2 is 1.78 bits per heavy atom. The lowest BCUT2D eigenvalue weighted by Gasteiger charge is -1.90. The standard InChI is InChI=1S/C8H7S/c1-7-2-4-8(6-9)5-3-7/h2-6H,1H2. The number of hydrogen-bond acceptors (Lipinski definition) is 1. The molecule has 0 amide bonds. The van der Waals surface area contributed by atoms with Crippen molar-refractivity contribution in [3.05, 3.63) is 42.3 Å². The third-order valence-corrected chi connectivity index (χ3v) is 1.39. The number of hydrogen-bond donors (Lipinski definition) is 0. The quantitative estimate of drug-likeness (QED) is 0.532. The van der Waals surface area contributed by atoms with Crippen LogP contribution in [-0.4, -0.2) is 5.37 Å². The summed E-state index contributed by atoms with van der Waals surface area (Å²) in [4.78, 5) is 0. The van der Waals surface area contributed by atoms with Crippen molar-refractivity contribution in [3.8, 4) is 0 Å². The molecular formula is C8H7S. The maximum Gasteiger partial charge on any atom is 0.00861 e. The SMILES string of the molecule is [CH2]c1ccc(C=S)cc1. The third kappa shape index (κ3) is 1.61. The normalized spacial score (nSPS) is 9.00. The van der Waals surface area contributed by atoms with E-state index in [-0.39, 0.29) is 0 Å². The molecule has 0 aliphatic rings. The van der Waals surface area contributed by atoms with Crippen molar-refractivity contribution in [3.63, 3.8) is 0 Å². The van der Waals surface area contributed by atoms with Gasteiger partial charge in [-0.05, 0) is 18.1 Å². The largest absolute Gasteiger partial charge is 0.0881 e. The van der Waals surface area contributed by atoms with Crippen LogP contribution in [0.5, 0.6) is 0 Å². The van der Waals surface area contributed by atoms with Gasteiger partial charge in [-0.2, -0.15) is 0 Å². The molecule has 1 aromatic carbocycles. The van der Waals surface area contributed by atoms with Gasteiger partial charge in [0, 0.05) is 5.37 Å². The first-order chi connectivity index (χ1) is 4.33. The van der Waals surface area contributed by atoms with Crippen molar-refractivity contribution in [2.24, 2.45) is 0 Å². The van der Waals surface area contributed by atoms with Gasteiger partial charge in [0.2, 0.25) is 0 Å². The van der Waals surface area contributed by atoms with Crippen molar-refractivity contribution in [1.82, 2.24) is 0 Å². The molecule has 1 aromatic rings. The van der Waals surface area contributed by atoms with Crippen molar-refractivity contribution in [1.29, 1.82) is 0 Å². The molecule has 0 heterocycles. The molecule has 45 valence electrons. The zero-order valence-corrected chi connectivity index (χ0v) is 5.82. The lowest BCUT2D eigenvalue weighted by molar-refractivity contribution is 1.60. The van der Waals surface area contributed by atoms with Crippen LogP contribution in [-0.2, 0) is 0 Å². The summed E-state index contributed by atoms with van der Waals surface area (Å²) in [5.74, 6) is 0. The Morgan fingerprint density at radius 1 is 1.22 bits per heavy atom. The van der Waals surface area contributed by atoms with Gasteiger partial charge >= 0.3 is 0 Å². The fourth-order valence-electron chi connectivity index (χ4n) is 0.596. The second kappa shape index (κ2) is 2.74. The molecule has 0 fully saturated rings. The zero-order chi connectivity index (χ0) is 6.69. The van der Waals surface area contributed by atoms with Crippen LogP contribution >= 0.6 is 12.2 Å². The maximum atomic E-state index is 4.72. The van der Waals surface area contributed by atoms with Crippen molar-refractivity contribution < 1.29 is 0 Å². The molecule has 0 N–H and O–H groups in total. The second-order valence-electron chi connectivity index (χ2n) is 1.86. The Labute approximate surface area is 60.5 Å². The van der Waals surface area contributed by atoms with Crippen LogP contribution in [0.1, 0.15) is 11.1 Å². The first kappa shape index (κ1) is 6.43. The van der Waals surface area contributed by atoms with Gasteiger partial charge in [-0.25, -0.2) is 0 Å². The molecule has 0 atom stereocenters.